The van der Waals surface area contributed by atoms with E-state index in [4.69, 9.17) is 9.47 Å². The summed E-state index contributed by atoms with van der Waals surface area (Å²) in [4.78, 5) is 0. The lowest BCUT2D eigenvalue weighted by molar-refractivity contribution is -0.0734. The van der Waals surface area contributed by atoms with E-state index in [0.29, 0.717) is 12.2 Å². The summed E-state index contributed by atoms with van der Waals surface area (Å²) in [7, 11) is 0. The van der Waals surface area contributed by atoms with Crippen molar-refractivity contribution in [1.29, 1.82) is 0 Å². The second kappa shape index (κ2) is 4.21. The molecule has 2 aliphatic rings. The van der Waals surface area contributed by atoms with E-state index in [-0.39, 0.29) is 0 Å². The van der Waals surface area contributed by atoms with Crippen molar-refractivity contribution in [3.05, 3.63) is 0 Å². The molecule has 2 fully saturated rings. The quantitative estimate of drug-likeness (QED) is 0.672. The third kappa shape index (κ3) is 2.19. The molecule has 1 atom stereocenters. The van der Waals surface area contributed by atoms with Gasteiger partial charge in [0.25, 0.3) is 0 Å². The standard InChI is InChI=1S/C9H17NO2/c1-2-4-11-8(3-1)7-12-9-5-10-6-9/h8-10H,1-7H2. The Hall–Kier alpha value is -0.120. The van der Waals surface area contributed by atoms with Gasteiger partial charge in [-0.15, -0.1) is 0 Å². The maximum atomic E-state index is 5.63. The fourth-order valence-electron chi connectivity index (χ4n) is 1.56. The van der Waals surface area contributed by atoms with E-state index in [0.717, 1.165) is 26.3 Å². The van der Waals surface area contributed by atoms with Crippen LogP contribution in [-0.4, -0.2) is 38.5 Å². The summed E-state index contributed by atoms with van der Waals surface area (Å²) in [5, 5.41) is 3.18. The van der Waals surface area contributed by atoms with E-state index in [1.165, 1.54) is 19.3 Å². The largest absolute Gasteiger partial charge is 0.376 e. The van der Waals surface area contributed by atoms with Crippen LogP contribution in [0.25, 0.3) is 0 Å². The minimum absolute atomic E-state index is 0.374. The molecule has 3 nitrogen and oxygen atoms in total. The van der Waals surface area contributed by atoms with E-state index >= 15 is 0 Å². The summed E-state index contributed by atoms with van der Waals surface area (Å²) in [6.45, 7) is 3.77. The van der Waals surface area contributed by atoms with Crippen molar-refractivity contribution >= 4 is 0 Å². The molecule has 0 aromatic heterocycles. The highest BCUT2D eigenvalue weighted by Crippen LogP contribution is 2.13. The summed E-state index contributed by atoms with van der Waals surface area (Å²) in [5.41, 5.74) is 0. The Morgan fingerprint density at radius 2 is 2.25 bits per heavy atom. The average molecular weight is 171 g/mol. The van der Waals surface area contributed by atoms with Gasteiger partial charge in [-0.3, -0.25) is 0 Å². The number of nitrogens with one attached hydrogen (secondary N) is 1. The van der Waals surface area contributed by atoms with E-state index in [9.17, 15) is 0 Å². The molecule has 0 bridgehead atoms. The van der Waals surface area contributed by atoms with Crippen molar-refractivity contribution < 1.29 is 9.47 Å². The minimum atomic E-state index is 0.374. The molecule has 2 heterocycles. The summed E-state index contributed by atoms with van der Waals surface area (Å²) < 4.78 is 11.2. The summed E-state index contributed by atoms with van der Waals surface area (Å²) in [5.74, 6) is 0. The molecular weight excluding hydrogens is 154 g/mol. The first-order chi connectivity index (χ1) is 5.95. The smallest absolute Gasteiger partial charge is 0.0824 e. The molecule has 0 spiro atoms. The van der Waals surface area contributed by atoms with E-state index in [2.05, 4.69) is 5.32 Å². The lowest BCUT2D eigenvalue weighted by atomic mass is 10.1. The molecule has 1 unspecified atom stereocenters. The lowest BCUT2D eigenvalue weighted by Gasteiger charge is -2.30. The van der Waals surface area contributed by atoms with Gasteiger partial charge in [0.15, 0.2) is 0 Å². The topological polar surface area (TPSA) is 30.5 Å². The first-order valence-corrected chi connectivity index (χ1v) is 4.89. The zero-order chi connectivity index (χ0) is 8.23. The van der Waals surface area contributed by atoms with E-state index in [1.807, 2.05) is 0 Å². The minimum Gasteiger partial charge on any atom is -0.376 e. The normalized spacial score (nSPS) is 31.5. The average Bonchev–Trinajstić information content (AvgIpc) is 2.04. The van der Waals surface area contributed by atoms with E-state index in [1.54, 1.807) is 0 Å². The summed E-state index contributed by atoms with van der Waals surface area (Å²) in [6, 6.07) is 0. The molecule has 0 aromatic rings. The first kappa shape index (κ1) is 8.48. The van der Waals surface area contributed by atoms with Gasteiger partial charge in [0, 0.05) is 19.7 Å². The third-order valence-electron chi connectivity index (χ3n) is 2.54. The van der Waals surface area contributed by atoms with Gasteiger partial charge in [0.2, 0.25) is 0 Å². The number of rotatable bonds is 3. The van der Waals surface area contributed by atoms with E-state index < -0.39 is 0 Å². The van der Waals surface area contributed by atoms with Gasteiger partial charge >= 0.3 is 0 Å². The molecule has 0 radical (unpaired) electrons. The maximum Gasteiger partial charge on any atom is 0.0824 e. The molecule has 2 rings (SSSR count). The Balaban J connectivity index is 1.58. The van der Waals surface area contributed by atoms with Gasteiger partial charge in [0.1, 0.15) is 0 Å². The van der Waals surface area contributed by atoms with Crippen LogP contribution < -0.4 is 5.32 Å². The lowest BCUT2D eigenvalue weighted by Crippen LogP contribution is -2.49. The van der Waals surface area contributed by atoms with Crippen LogP contribution in [0.2, 0.25) is 0 Å². The van der Waals surface area contributed by atoms with Crippen molar-refractivity contribution in [3.8, 4) is 0 Å². The van der Waals surface area contributed by atoms with Crippen LogP contribution in [0.5, 0.6) is 0 Å². The number of hydrogen-bond acceptors (Lipinski definition) is 3. The summed E-state index contributed by atoms with van der Waals surface area (Å²) >= 11 is 0. The van der Waals surface area contributed by atoms with Crippen molar-refractivity contribution in [2.45, 2.75) is 31.5 Å². The fourth-order valence-corrected chi connectivity index (χ4v) is 1.56. The van der Waals surface area contributed by atoms with Crippen molar-refractivity contribution in [3.63, 3.8) is 0 Å². The monoisotopic (exact) mass is 171 g/mol. The molecule has 0 amide bonds. The molecule has 12 heavy (non-hydrogen) atoms. The van der Waals surface area contributed by atoms with Gasteiger partial charge < -0.3 is 14.8 Å². The van der Waals surface area contributed by atoms with Crippen LogP contribution in [0.1, 0.15) is 19.3 Å². The summed E-state index contributed by atoms with van der Waals surface area (Å²) in [6.07, 6.45) is 4.54. The van der Waals surface area contributed by atoms with Gasteiger partial charge in [-0.1, -0.05) is 0 Å². The van der Waals surface area contributed by atoms with Crippen molar-refractivity contribution in [2.24, 2.45) is 0 Å². The molecule has 0 aromatic carbocycles. The highest BCUT2D eigenvalue weighted by atomic mass is 16.5. The van der Waals surface area contributed by atoms with Gasteiger partial charge in [0.05, 0.1) is 18.8 Å². The third-order valence-corrected chi connectivity index (χ3v) is 2.54. The highest BCUT2D eigenvalue weighted by Gasteiger charge is 2.20. The van der Waals surface area contributed by atoms with Crippen LogP contribution in [-0.2, 0) is 9.47 Å². The SMILES string of the molecule is C1CCC(COC2CNC2)OC1. The Labute approximate surface area is 73.4 Å². The first-order valence-electron chi connectivity index (χ1n) is 4.89. The van der Waals surface area contributed by atoms with Crippen LogP contribution in [0.15, 0.2) is 0 Å². The molecule has 0 aliphatic carbocycles. The predicted molar refractivity (Wildman–Crippen MR) is 46.2 cm³/mol. The zero-order valence-electron chi connectivity index (χ0n) is 7.42. The van der Waals surface area contributed by atoms with Gasteiger partial charge in [-0.05, 0) is 19.3 Å². The molecule has 0 saturated carbocycles. The number of ether oxygens (including phenoxy) is 2. The Kier molecular flexibility index (Phi) is 2.98. The second-order valence-electron chi connectivity index (χ2n) is 3.60. The molecule has 3 heteroatoms. The molecule has 2 saturated heterocycles. The molecule has 2 aliphatic heterocycles. The van der Waals surface area contributed by atoms with Crippen LogP contribution in [0.3, 0.4) is 0 Å². The van der Waals surface area contributed by atoms with Crippen LogP contribution >= 0.6 is 0 Å². The fraction of sp³-hybridized carbons (Fsp3) is 1.00. The molecular formula is C9H17NO2. The van der Waals surface area contributed by atoms with Gasteiger partial charge in [-0.25, -0.2) is 0 Å². The van der Waals surface area contributed by atoms with Crippen molar-refractivity contribution in [2.75, 3.05) is 26.3 Å². The van der Waals surface area contributed by atoms with Crippen LogP contribution in [0, 0.1) is 0 Å². The molecule has 1 N–H and O–H groups in total. The zero-order valence-corrected chi connectivity index (χ0v) is 7.42. The van der Waals surface area contributed by atoms with Crippen LogP contribution in [0.4, 0.5) is 0 Å². The molecule has 70 valence electrons. The second-order valence-corrected chi connectivity index (χ2v) is 3.60. The Bertz CT molecular complexity index is 130. The van der Waals surface area contributed by atoms with Gasteiger partial charge in [-0.2, -0.15) is 0 Å². The number of hydrogen-bond donors (Lipinski definition) is 1. The highest BCUT2D eigenvalue weighted by molar-refractivity contribution is 4.75. The Morgan fingerprint density at radius 3 is 2.83 bits per heavy atom. The predicted octanol–water partition coefficient (Wildman–Crippen LogP) is 0.544. The maximum absolute atomic E-state index is 5.63. The Morgan fingerprint density at radius 1 is 1.33 bits per heavy atom. The van der Waals surface area contributed by atoms with Crippen molar-refractivity contribution in [1.82, 2.24) is 5.32 Å².